The summed E-state index contributed by atoms with van der Waals surface area (Å²) in [6.45, 7) is -0.299. The van der Waals surface area contributed by atoms with E-state index >= 15 is 0 Å². The van der Waals surface area contributed by atoms with Gasteiger partial charge in [-0.3, -0.25) is 14.4 Å². The molecule has 1 aromatic heterocycles. The smallest absolute Gasteiger partial charge is 0.269 e. The van der Waals surface area contributed by atoms with Crippen LogP contribution in [0.2, 0.25) is 10.0 Å². The average molecular weight is 340 g/mol. The van der Waals surface area contributed by atoms with Crippen LogP contribution in [0, 0.1) is 0 Å². The highest BCUT2D eigenvalue weighted by molar-refractivity contribution is 6.34. The lowest BCUT2D eigenvalue weighted by Gasteiger charge is -2.10. The van der Waals surface area contributed by atoms with Crippen molar-refractivity contribution in [2.45, 2.75) is 6.54 Å². The van der Waals surface area contributed by atoms with Crippen LogP contribution in [-0.2, 0) is 11.3 Å². The summed E-state index contributed by atoms with van der Waals surface area (Å²) in [7, 11) is 0. The van der Waals surface area contributed by atoms with Gasteiger partial charge in [0, 0.05) is 6.20 Å². The van der Waals surface area contributed by atoms with Crippen molar-refractivity contribution in [3.8, 4) is 0 Å². The molecule has 0 fully saturated rings. The van der Waals surface area contributed by atoms with Crippen molar-refractivity contribution >= 4 is 40.7 Å². The second-order valence-electron chi connectivity index (χ2n) is 4.40. The molecule has 1 heterocycles. The number of para-hydroxylation sites is 1. The summed E-state index contributed by atoms with van der Waals surface area (Å²) in [5.74, 6) is -1.19. The molecule has 0 aliphatic rings. The van der Waals surface area contributed by atoms with Crippen LogP contribution in [0.3, 0.4) is 0 Å². The van der Waals surface area contributed by atoms with Gasteiger partial charge in [-0.15, -0.1) is 0 Å². The van der Waals surface area contributed by atoms with Crippen LogP contribution < -0.4 is 16.6 Å². The van der Waals surface area contributed by atoms with E-state index in [0.29, 0.717) is 0 Å². The molecule has 0 saturated carbocycles. The van der Waals surface area contributed by atoms with E-state index in [0.717, 1.165) is 4.57 Å². The van der Waals surface area contributed by atoms with Gasteiger partial charge in [0.25, 0.3) is 11.5 Å². The van der Waals surface area contributed by atoms with Crippen molar-refractivity contribution in [3.05, 3.63) is 62.5 Å². The van der Waals surface area contributed by atoms with Crippen molar-refractivity contribution in [1.82, 2.24) is 4.57 Å². The second-order valence-corrected chi connectivity index (χ2v) is 5.24. The zero-order valence-corrected chi connectivity index (χ0v) is 12.7. The Morgan fingerprint density at radius 3 is 2.59 bits per heavy atom. The Kier molecular flexibility index (Phi) is 4.85. The number of rotatable bonds is 4. The van der Waals surface area contributed by atoms with Gasteiger partial charge in [-0.2, -0.15) is 0 Å². The van der Waals surface area contributed by atoms with Crippen molar-refractivity contribution in [2.24, 2.45) is 5.73 Å². The Labute approximate surface area is 135 Å². The van der Waals surface area contributed by atoms with Gasteiger partial charge in [0.05, 0.1) is 16.3 Å². The number of aromatic nitrogens is 1. The molecule has 2 amide bonds. The molecule has 22 heavy (non-hydrogen) atoms. The number of nitrogens with one attached hydrogen (secondary N) is 1. The molecule has 8 heteroatoms. The Morgan fingerprint density at radius 2 is 1.91 bits per heavy atom. The average Bonchev–Trinajstić information content (AvgIpc) is 2.44. The quantitative estimate of drug-likeness (QED) is 0.890. The van der Waals surface area contributed by atoms with Gasteiger partial charge in [0.15, 0.2) is 0 Å². The number of anilines is 1. The summed E-state index contributed by atoms with van der Waals surface area (Å²) >= 11 is 11.5. The maximum atomic E-state index is 12.0. The van der Waals surface area contributed by atoms with E-state index in [4.69, 9.17) is 28.9 Å². The fourth-order valence-electron chi connectivity index (χ4n) is 1.83. The molecule has 3 N–H and O–H groups in total. The molecular weight excluding hydrogens is 329 g/mol. The van der Waals surface area contributed by atoms with E-state index in [1.807, 2.05) is 0 Å². The lowest BCUT2D eigenvalue weighted by atomic mass is 10.1. The van der Waals surface area contributed by atoms with Crippen LogP contribution in [0.15, 0.2) is 41.3 Å². The normalized spacial score (nSPS) is 10.3. The van der Waals surface area contributed by atoms with Gasteiger partial charge in [-0.1, -0.05) is 35.3 Å². The first-order chi connectivity index (χ1) is 10.4. The molecule has 1 aromatic carbocycles. The summed E-state index contributed by atoms with van der Waals surface area (Å²) < 4.78 is 1.08. The van der Waals surface area contributed by atoms with Gasteiger partial charge < -0.3 is 15.6 Å². The number of hydrogen-bond donors (Lipinski definition) is 2. The first kappa shape index (κ1) is 16.1. The third-order valence-corrected chi connectivity index (χ3v) is 3.27. The zero-order chi connectivity index (χ0) is 16.3. The Hall–Kier alpha value is -2.31. The number of pyridine rings is 1. The van der Waals surface area contributed by atoms with Gasteiger partial charge in [0.1, 0.15) is 11.6 Å². The fourth-order valence-corrected chi connectivity index (χ4v) is 2.34. The van der Waals surface area contributed by atoms with Gasteiger partial charge in [-0.05, 0) is 18.2 Å². The number of hydrogen-bond acceptors (Lipinski definition) is 3. The lowest BCUT2D eigenvalue weighted by molar-refractivity contribution is -0.116. The van der Waals surface area contributed by atoms with E-state index in [1.54, 1.807) is 12.1 Å². The zero-order valence-electron chi connectivity index (χ0n) is 11.2. The highest BCUT2D eigenvalue weighted by Crippen LogP contribution is 2.15. The lowest BCUT2D eigenvalue weighted by Crippen LogP contribution is -2.28. The number of carbonyl (C=O) groups excluding carboxylic acids is 2. The standard InChI is InChI=1S/C14H11Cl2N3O3/c15-8-5-10(16)14(22)19(6-8)7-12(20)18-11-4-2-1-3-9(11)13(17)21/h1-6H,7H2,(H2,17,21)(H,18,20). The molecule has 0 spiro atoms. The van der Waals surface area contributed by atoms with Gasteiger partial charge in [0.2, 0.25) is 5.91 Å². The summed E-state index contributed by atoms with van der Waals surface area (Å²) in [5, 5.41) is 2.67. The highest BCUT2D eigenvalue weighted by atomic mass is 35.5. The molecule has 2 rings (SSSR count). The van der Waals surface area contributed by atoms with Gasteiger partial charge in [-0.25, -0.2) is 0 Å². The second kappa shape index (κ2) is 6.64. The largest absolute Gasteiger partial charge is 0.366 e. The molecule has 0 aliphatic heterocycles. The summed E-state index contributed by atoms with van der Waals surface area (Å²) in [4.78, 5) is 35.1. The number of nitrogens with two attached hydrogens (primary N) is 1. The molecule has 0 aliphatic carbocycles. The van der Waals surface area contributed by atoms with Crippen LogP contribution >= 0.6 is 23.2 Å². The van der Waals surface area contributed by atoms with E-state index in [2.05, 4.69) is 5.32 Å². The van der Waals surface area contributed by atoms with Crippen molar-refractivity contribution < 1.29 is 9.59 Å². The number of benzene rings is 1. The van der Waals surface area contributed by atoms with Crippen LogP contribution in [0.25, 0.3) is 0 Å². The summed E-state index contributed by atoms with van der Waals surface area (Å²) in [6.07, 6.45) is 1.30. The molecule has 0 atom stereocenters. The number of halogens is 2. The van der Waals surface area contributed by atoms with Crippen LogP contribution in [0.4, 0.5) is 5.69 Å². The van der Waals surface area contributed by atoms with Crippen molar-refractivity contribution in [3.63, 3.8) is 0 Å². The minimum Gasteiger partial charge on any atom is -0.366 e. The predicted octanol–water partition coefficient (Wildman–Crippen LogP) is 1.89. The van der Waals surface area contributed by atoms with Gasteiger partial charge >= 0.3 is 0 Å². The minimum absolute atomic E-state index is 0.0853. The Morgan fingerprint density at radius 1 is 1.23 bits per heavy atom. The molecule has 114 valence electrons. The third-order valence-electron chi connectivity index (χ3n) is 2.79. The third kappa shape index (κ3) is 3.66. The van der Waals surface area contributed by atoms with E-state index in [-0.39, 0.29) is 27.8 Å². The number of nitrogens with zero attached hydrogens (tertiary/aromatic N) is 1. The molecule has 2 aromatic rings. The Balaban J connectivity index is 2.22. The molecule has 0 saturated heterocycles. The van der Waals surface area contributed by atoms with Crippen molar-refractivity contribution in [2.75, 3.05) is 5.32 Å². The maximum Gasteiger partial charge on any atom is 0.269 e. The molecule has 6 nitrogen and oxygen atoms in total. The molecule has 0 unspecified atom stereocenters. The SMILES string of the molecule is NC(=O)c1ccccc1NC(=O)Cn1cc(Cl)cc(Cl)c1=O. The first-order valence-corrected chi connectivity index (χ1v) is 6.88. The number of primary amides is 1. The van der Waals surface area contributed by atoms with E-state index in [9.17, 15) is 14.4 Å². The summed E-state index contributed by atoms with van der Waals surface area (Å²) in [5.41, 5.74) is 5.13. The monoisotopic (exact) mass is 339 g/mol. The van der Waals surface area contributed by atoms with E-state index < -0.39 is 17.4 Å². The molecule has 0 radical (unpaired) electrons. The predicted molar refractivity (Wildman–Crippen MR) is 84.3 cm³/mol. The molecular formula is C14H11Cl2N3O3. The van der Waals surface area contributed by atoms with Crippen molar-refractivity contribution in [1.29, 1.82) is 0 Å². The van der Waals surface area contributed by atoms with Crippen LogP contribution in [0.5, 0.6) is 0 Å². The highest BCUT2D eigenvalue weighted by Gasteiger charge is 2.12. The molecule has 0 bridgehead atoms. The first-order valence-electron chi connectivity index (χ1n) is 6.12. The fraction of sp³-hybridized carbons (Fsp3) is 0.0714. The van der Waals surface area contributed by atoms with E-state index in [1.165, 1.54) is 24.4 Å². The summed E-state index contributed by atoms with van der Waals surface area (Å²) in [6, 6.07) is 7.58. The van der Waals surface area contributed by atoms with Crippen LogP contribution in [-0.4, -0.2) is 16.4 Å². The minimum atomic E-state index is -0.668. The van der Waals surface area contributed by atoms with Crippen LogP contribution in [0.1, 0.15) is 10.4 Å². The maximum absolute atomic E-state index is 12.0. The Bertz CT molecular complexity index is 802. The number of carbonyl (C=O) groups is 2. The topological polar surface area (TPSA) is 94.2 Å². The number of amides is 2.